The van der Waals surface area contributed by atoms with Gasteiger partial charge in [0.2, 0.25) is 0 Å². The van der Waals surface area contributed by atoms with E-state index in [0.717, 1.165) is 5.69 Å². The number of nitrogens with one attached hydrogen (secondary N) is 2. The lowest BCUT2D eigenvalue weighted by Gasteiger charge is -2.10. The smallest absolute Gasteiger partial charge is 0.255 e. The molecule has 0 spiro atoms. The molecule has 0 saturated carbocycles. The van der Waals surface area contributed by atoms with Crippen LogP contribution in [0.4, 0.5) is 5.69 Å². The number of hydrogen-bond donors (Lipinski definition) is 3. The number of ether oxygens (including phenoxy) is 1. The molecule has 4 N–H and O–H groups in total. The maximum atomic E-state index is 12.0. The summed E-state index contributed by atoms with van der Waals surface area (Å²) in [5, 5.41) is 9.32. The average Bonchev–Trinajstić information content (AvgIpc) is 2.88. The molecule has 0 aliphatic rings. The molecule has 0 bridgehead atoms. The average molecular weight is 246 g/mol. The van der Waals surface area contributed by atoms with Crippen LogP contribution in [0, 0.1) is 0 Å². The van der Waals surface area contributed by atoms with E-state index in [1.165, 1.54) is 7.11 Å². The highest BCUT2D eigenvalue weighted by atomic mass is 16.5. The Morgan fingerprint density at radius 3 is 3.00 bits per heavy atom. The van der Waals surface area contributed by atoms with E-state index in [0.29, 0.717) is 23.5 Å². The number of amides is 1. The van der Waals surface area contributed by atoms with Crippen molar-refractivity contribution in [1.29, 1.82) is 0 Å². The Balaban J connectivity index is 2.11. The first-order chi connectivity index (χ1) is 8.72. The monoisotopic (exact) mass is 246 g/mol. The number of carbonyl (C=O) groups is 1. The van der Waals surface area contributed by atoms with Gasteiger partial charge in [0.05, 0.1) is 30.6 Å². The number of methoxy groups -OCH3 is 1. The van der Waals surface area contributed by atoms with Gasteiger partial charge in [-0.2, -0.15) is 5.10 Å². The van der Waals surface area contributed by atoms with E-state index >= 15 is 0 Å². The Bertz CT molecular complexity index is 537. The molecular weight excluding hydrogens is 232 g/mol. The largest absolute Gasteiger partial charge is 0.494 e. The number of anilines is 1. The van der Waals surface area contributed by atoms with Crippen LogP contribution in [0.3, 0.4) is 0 Å². The summed E-state index contributed by atoms with van der Waals surface area (Å²) in [6, 6.07) is 6.85. The van der Waals surface area contributed by atoms with E-state index in [4.69, 9.17) is 10.5 Å². The normalized spacial score (nSPS) is 10.1. The number of carbonyl (C=O) groups excluding carboxylic acids is 1. The van der Waals surface area contributed by atoms with Gasteiger partial charge in [-0.15, -0.1) is 0 Å². The summed E-state index contributed by atoms with van der Waals surface area (Å²) in [5.74, 6) is 0.147. The minimum atomic E-state index is -0.242. The highest BCUT2D eigenvalue weighted by molar-refractivity contribution is 5.98. The topological polar surface area (TPSA) is 93.0 Å². The van der Waals surface area contributed by atoms with Crippen molar-refractivity contribution < 1.29 is 9.53 Å². The number of para-hydroxylation sites is 1. The number of H-pyrrole nitrogens is 1. The minimum Gasteiger partial charge on any atom is -0.494 e. The van der Waals surface area contributed by atoms with E-state index in [-0.39, 0.29) is 5.91 Å². The van der Waals surface area contributed by atoms with Gasteiger partial charge >= 0.3 is 0 Å². The first kappa shape index (κ1) is 12.0. The van der Waals surface area contributed by atoms with Crippen LogP contribution in [-0.2, 0) is 6.54 Å². The molecule has 94 valence electrons. The van der Waals surface area contributed by atoms with Gasteiger partial charge in [0, 0.05) is 6.20 Å². The molecule has 0 atom stereocenters. The Morgan fingerprint density at radius 1 is 1.50 bits per heavy atom. The molecular formula is C12H14N4O2. The van der Waals surface area contributed by atoms with E-state index in [1.807, 2.05) is 0 Å². The van der Waals surface area contributed by atoms with Crippen molar-refractivity contribution in [2.75, 3.05) is 12.8 Å². The molecule has 1 aromatic carbocycles. The third-order valence-corrected chi connectivity index (χ3v) is 2.49. The number of nitrogens with two attached hydrogens (primary N) is 1. The maximum Gasteiger partial charge on any atom is 0.255 e. The van der Waals surface area contributed by atoms with Crippen LogP contribution in [0.15, 0.2) is 30.5 Å². The fourth-order valence-corrected chi connectivity index (χ4v) is 1.62. The van der Waals surface area contributed by atoms with Crippen molar-refractivity contribution in [3.8, 4) is 5.75 Å². The van der Waals surface area contributed by atoms with Crippen LogP contribution in [0.5, 0.6) is 5.75 Å². The fourth-order valence-electron chi connectivity index (χ4n) is 1.62. The number of rotatable bonds is 4. The summed E-state index contributed by atoms with van der Waals surface area (Å²) in [4.78, 5) is 12.0. The predicted octanol–water partition coefficient (Wildman–Crippen LogP) is 0.931. The van der Waals surface area contributed by atoms with Crippen LogP contribution in [0.25, 0.3) is 0 Å². The predicted molar refractivity (Wildman–Crippen MR) is 67.2 cm³/mol. The molecule has 1 heterocycles. The number of aromatic nitrogens is 2. The van der Waals surface area contributed by atoms with Crippen LogP contribution in [-0.4, -0.2) is 23.2 Å². The van der Waals surface area contributed by atoms with E-state index in [1.54, 1.807) is 30.5 Å². The molecule has 1 aromatic heterocycles. The number of benzene rings is 1. The summed E-state index contributed by atoms with van der Waals surface area (Å²) in [6.45, 7) is 0.372. The van der Waals surface area contributed by atoms with Crippen molar-refractivity contribution >= 4 is 11.6 Å². The molecule has 2 aromatic rings. The summed E-state index contributed by atoms with van der Waals surface area (Å²) >= 11 is 0. The summed E-state index contributed by atoms with van der Waals surface area (Å²) in [7, 11) is 1.48. The Hall–Kier alpha value is -2.50. The van der Waals surface area contributed by atoms with Gasteiger partial charge in [-0.25, -0.2) is 0 Å². The minimum absolute atomic E-state index is 0.242. The SMILES string of the molecule is COc1c(N)cccc1C(=O)NCc1ccn[nH]1. The lowest BCUT2D eigenvalue weighted by Crippen LogP contribution is -2.23. The summed E-state index contributed by atoms with van der Waals surface area (Å²) in [5.41, 5.74) is 7.42. The molecule has 2 rings (SSSR count). The molecule has 0 unspecified atom stereocenters. The standard InChI is InChI=1S/C12H14N4O2/c1-18-11-9(3-2-4-10(11)13)12(17)14-7-8-5-6-15-16-8/h2-6H,7,13H2,1H3,(H,14,17)(H,15,16). The first-order valence-corrected chi connectivity index (χ1v) is 5.41. The second-order valence-electron chi connectivity index (χ2n) is 3.69. The van der Waals surface area contributed by atoms with Gasteiger partial charge in [-0.1, -0.05) is 6.07 Å². The Kier molecular flexibility index (Phi) is 3.47. The van der Waals surface area contributed by atoms with E-state index < -0.39 is 0 Å². The van der Waals surface area contributed by atoms with Crippen LogP contribution in [0.2, 0.25) is 0 Å². The molecule has 0 saturated heterocycles. The van der Waals surface area contributed by atoms with Gasteiger partial charge in [0.15, 0.2) is 5.75 Å². The summed E-state index contributed by atoms with van der Waals surface area (Å²) < 4.78 is 5.13. The Morgan fingerprint density at radius 2 is 2.33 bits per heavy atom. The van der Waals surface area contributed by atoms with Crippen LogP contribution in [0.1, 0.15) is 16.1 Å². The molecule has 0 fully saturated rings. The first-order valence-electron chi connectivity index (χ1n) is 5.41. The number of hydrogen-bond acceptors (Lipinski definition) is 4. The molecule has 6 nitrogen and oxygen atoms in total. The van der Waals surface area contributed by atoms with Gasteiger partial charge in [0.25, 0.3) is 5.91 Å². The van der Waals surface area contributed by atoms with E-state index in [2.05, 4.69) is 15.5 Å². The third kappa shape index (κ3) is 2.42. The number of aromatic amines is 1. The number of nitrogen functional groups attached to an aromatic ring is 1. The lowest BCUT2D eigenvalue weighted by atomic mass is 10.1. The zero-order chi connectivity index (χ0) is 13.0. The van der Waals surface area contributed by atoms with Gasteiger partial charge in [0.1, 0.15) is 0 Å². The highest BCUT2D eigenvalue weighted by Crippen LogP contribution is 2.25. The molecule has 0 aliphatic heterocycles. The zero-order valence-corrected chi connectivity index (χ0v) is 9.93. The summed E-state index contributed by atoms with van der Waals surface area (Å²) in [6.07, 6.45) is 1.63. The van der Waals surface area contributed by atoms with Crippen molar-refractivity contribution in [2.24, 2.45) is 0 Å². The molecule has 6 heteroatoms. The van der Waals surface area contributed by atoms with Gasteiger partial charge < -0.3 is 15.8 Å². The molecule has 18 heavy (non-hydrogen) atoms. The molecule has 0 aliphatic carbocycles. The number of nitrogens with zero attached hydrogens (tertiary/aromatic N) is 1. The van der Waals surface area contributed by atoms with Gasteiger partial charge in [-0.3, -0.25) is 9.89 Å². The van der Waals surface area contributed by atoms with Crippen molar-refractivity contribution in [1.82, 2.24) is 15.5 Å². The van der Waals surface area contributed by atoms with Crippen LogP contribution < -0.4 is 15.8 Å². The Labute approximate surface area is 104 Å². The van der Waals surface area contributed by atoms with Crippen molar-refractivity contribution in [2.45, 2.75) is 6.54 Å². The quantitative estimate of drug-likeness (QED) is 0.700. The van der Waals surface area contributed by atoms with Gasteiger partial charge in [-0.05, 0) is 18.2 Å². The zero-order valence-electron chi connectivity index (χ0n) is 9.93. The maximum absolute atomic E-state index is 12.0. The molecule has 0 radical (unpaired) electrons. The highest BCUT2D eigenvalue weighted by Gasteiger charge is 2.13. The van der Waals surface area contributed by atoms with E-state index in [9.17, 15) is 4.79 Å². The second kappa shape index (κ2) is 5.22. The third-order valence-electron chi connectivity index (χ3n) is 2.49. The fraction of sp³-hybridized carbons (Fsp3) is 0.167. The van der Waals surface area contributed by atoms with Crippen molar-refractivity contribution in [3.05, 3.63) is 41.7 Å². The molecule has 1 amide bonds. The second-order valence-corrected chi connectivity index (χ2v) is 3.69. The van der Waals surface area contributed by atoms with Crippen LogP contribution >= 0.6 is 0 Å². The lowest BCUT2D eigenvalue weighted by molar-refractivity contribution is 0.0947. The van der Waals surface area contributed by atoms with Crippen molar-refractivity contribution in [3.63, 3.8) is 0 Å².